The molecule has 0 atom stereocenters. The van der Waals surface area contributed by atoms with Crippen LogP contribution in [0.2, 0.25) is 5.02 Å². The summed E-state index contributed by atoms with van der Waals surface area (Å²) in [6, 6.07) is 3.74. The molecule has 0 unspecified atom stereocenters. The van der Waals surface area contributed by atoms with Gasteiger partial charge in [0.25, 0.3) is 5.56 Å². The van der Waals surface area contributed by atoms with Gasteiger partial charge in [-0.1, -0.05) is 11.6 Å². The average molecular weight is 392 g/mol. The molecule has 0 bridgehead atoms. The smallest absolute Gasteiger partial charge is 0.267 e. The predicted octanol–water partition coefficient (Wildman–Crippen LogP) is 1.90. The highest BCUT2D eigenvalue weighted by Gasteiger charge is 2.19. The van der Waals surface area contributed by atoms with E-state index in [1.807, 2.05) is 17.8 Å². The third-order valence-corrected chi connectivity index (χ3v) is 6.30. The quantitative estimate of drug-likeness (QED) is 0.793. The van der Waals surface area contributed by atoms with Crippen molar-refractivity contribution >= 4 is 29.1 Å². The van der Waals surface area contributed by atoms with Crippen molar-refractivity contribution in [2.75, 3.05) is 43.4 Å². The molecule has 0 aliphatic carbocycles. The topological polar surface area (TPSA) is 54.3 Å². The minimum Gasteiger partial charge on any atom is -0.368 e. The summed E-state index contributed by atoms with van der Waals surface area (Å²) in [5, 5.41) is 5.30. The van der Waals surface area contributed by atoms with Crippen molar-refractivity contribution in [2.45, 2.75) is 18.7 Å². The summed E-state index contributed by atoms with van der Waals surface area (Å²) < 4.78 is 1.64. The van der Waals surface area contributed by atoms with Crippen LogP contribution in [0.3, 0.4) is 0 Å². The van der Waals surface area contributed by atoms with E-state index in [0.717, 1.165) is 67.6 Å². The Morgan fingerprint density at radius 1 is 1.19 bits per heavy atom. The second-order valence-corrected chi connectivity index (χ2v) is 8.15. The van der Waals surface area contributed by atoms with Crippen LogP contribution in [0.4, 0.5) is 5.69 Å². The van der Waals surface area contributed by atoms with Gasteiger partial charge in [-0.2, -0.15) is 16.9 Å². The molecule has 8 heteroatoms. The molecule has 0 spiro atoms. The first-order valence-corrected chi connectivity index (χ1v) is 10.5. The highest BCUT2D eigenvalue weighted by molar-refractivity contribution is 7.98. The van der Waals surface area contributed by atoms with E-state index in [-0.39, 0.29) is 5.56 Å². The van der Waals surface area contributed by atoms with E-state index in [4.69, 9.17) is 11.6 Å². The van der Waals surface area contributed by atoms with Crippen molar-refractivity contribution in [1.82, 2.24) is 19.7 Å². The van der Waals surface area contributed by atoms with Gasteiger partial charge < -0.3 is 4.90 Å². The number of nitrogens with zero attached hydrogens (tertiary/aromatic N) is 5. The van der Waals surface area contributed by atoms with Gasteiger partial charge >= 0.3 is 0 Å². The maximum atomic E-state index is 12.3. The standard InChI is InChI=1S/C18H22ClN5OS/c19-15-12-20-3-1-17(15)23-7-4-22(5-8-23)6-9-24-18(25)11-14-13-26-10-2-16(14)21-24/h1,3,11-12H,2,4-10,13H2. The summed E-state index contributed by atoms with van der Waals surface area (Å²) >= 11 is 8.12. The van der Waals surface area contributed by atoms with Gasteiger partial charge in [0, 0.05) is 63.4 Å². The van der Waals surface area contributed by atoms with E-state index in [0.29, 0.717) is 11.6 Å². The SMILES string of the molecule is O=c1cc2c(nn1CCN1CCN(c3ccncc3Cl)CC1)CCSC2. The number of anilines is 1. The van der Waals surface area contributed by atoms with Gasteiger partial charge in [0.2, 0.25) is 0 Å². The predicted molar refractivity (Wildman–Crippen MR) is 106 cm³/mol. The first kappa shape index (κ1) is 17.8. The van der Waals surface area contributed by atoms with E-state index in [1.165, 1.54) is 0 Å². The number of fused-ring (bicyclic) bond motifs is 1. The third-order valence-electron chi connectivity index (χ3n) is 5.00. The van der Waals surface area contributed by atoms with Gasteiger partial charge in [-0.25, -0.2) is 4.68 Å². The Balaban J connectivity index is 1.34. The van der Waals surface area contributed by atoms with Crippen molar-refractivity contribution in [1.29, 1.82) is 0 Å². The second kappa shape index (κ2) is 7.98. The number of aromatic nitrogens is 3. The Morgan fingerprint density at radius 2 is 2.04 bits per heavy atom. The lowest BCUT2D eigenvalue weighted by Gasteiger charge is -2.36. The Morgan fingerprint density at radius 3 is 2.85 bits per heavy atom. The molecule has 0 saturated carbocycles. The number of pyridine rings is 1. The summed E-state index contributed by atoms with van der Waals surface area (Å²) in [4.78, 5) is 21.0. The summed E-state index contributed by atoms with van der Waals surface area (Å²) in [6.45, 7) is 5.25. The van der Waals surface area contributed by atoms with Crippen LogP contribution < -0.4 is 10.5 Å². The Labute approximate surface area is 162 Å². The molecule has 4 heterocycles. The van der Waals surface area contributed by atoms with Crippen molar-refractivity contribution in [3.05, 3.63) is 51.2 Å². The average Bonchev–Trinajstić information content (AvgIpc) is 2.67. The molecule has 4 rings (SSSR count). The number of rotatable bonds is 4. The van der Waals surface area contributed by atoms with Gasteiger partial charge in [0.05, 0.1) is 22.9 Å². The fraction of sp³-hybridized carbons (Fsp3) is 0.500. The Kier molecular flexibility index (Phi) is 5.47. The Hall–Kier alpha value is -1.57. The van der Waals surface area contributed by atoms with Crippen LogP contribution in [0, 0.1) is 0 Å². The molecule has 0 amide bonds. The molecule has 138 valence electrons. The van der Waals surface area contributed by atoms with Crippen LogP contribution >= 0.6 is 23.4 Å². The van der Waals surface area contributed by atoms with Crippen LogP contribution in [0.5, 0.6) is 0 Å². The van der Waals surface area contributed by atoms with Gasteiger partial charge in [-0.3, -0.25) is 14.7 Å². The van der Waals surface area contributed by atoms with Crippen molar-refractivity contribution in [2.24, 2.45) is 0 Å². The van der Waals surface area contributed by atoms with E-state index >= 15 is 0 Å². The van der Waals surface area contributed by atoms with Crippen LogP contribution in [0.25, 0.3) is 0 Å². The van der Waals surface area contributed by atoms with Crippen LogP contribution in [0.1, 0.15) is 11.3 Å². The lowest BCUT2D eigenvalue weighted by molar-refractivity contribution is 0.242. The zero-order chi connectivity index (χ0) is 17.9. The first-order chi connectivity index (χ1) is 12.7. The maximum absolute atomic E-state index is 12.3. The van der Waals surface area contributed by atoms with Gasteiger partial charge in [-0.15, -0.1) is 0 Å². The number of hydrogen-bond acceptors (Lipinski definition) is 6. The molecule has 26 heavy (non-hydrogen) atoms. The molecular formula is C18H22ClN5OS. The highest BCUT2D eigenvalue weighted by atomic mass is 35.5. The summed E-state index contributed by atoms with van der Waals surface area (Å²) in [5.74, 6) is 2.01. The minimum atomic E-state index is 0.0217. The van der Waals surface area contributed by atoms with E-state index < -0.39 is 0 Å². The summed E-state index contributed by atoms with van der Waals surface area (Å²) in [7, 11) is 0. The van der Waals surface area contributed by atoms with Gasteiger partial charge in [-0.05, 0) is 17.4 Å². The fourth-order valence-corrected chi connectivity index (χ4v) is 4.68. The van der Waals surface area contributed by atoms with E-state index in [1.54, 1.807) is 23.1 Å². The number of hydrogen-bond donors (Lipinski definition) is 0. The highest BCUT2D eigenvalue weighted by Crippen LogP contribution is 2.25. The fourth-order valence-electron chi connectivity index (χ4n) is 3.49. The lowest BCUT2D eigenvalue weighted by atomic mass is 10.2. The molecule has 2 aromatic rings. The lowest BCUT2D eigenvalue weighted by Crippen LogP contribution is -2.47. The first-order valence-electron chi connectivity index (χ1n) is 8.95. The summed E-state index contributed by atoms with van der Waals surface area (Å²) in [6.07, 6.45) is 4.43. The number of aryl methyl sites for hydroxylation is 1. The molecule has 2 aliphatic rings. The second-order valence-electron chi connectivity index (χ2n) is 6.64. The van der Waals surface area contributed by atoms with Crippen LogP contribution in [0.15, 0.2) is 29.3 Å². The molecule has 2 aromatic heterocycles. The Bertz CT molecular complexity index is 835. The van der Waals surface area contributed by atoms with E-state index in [2.05, 4.69) is 19.9 Å². The largest absolute Gasteiger partial charge is 0.368 e. The molecule has 1 saturated heterocycles. The van der Waals surface area contributed by atoms with Crippen LogP contribution in [-0.4, -0.2) is 58.1 Å². The number of piperazine rings is 1. The maximum Gasteiger partial charge on any atom is 0.267 e. The number of halogens is 1. The number of thioether (sulfide) groups is 1. The molecule has 6 nitrogen and oxygen atoms in total. The third kappa shape index (κ3) is 3.89. The normalized spacial score (nSPS) is 18.0. The zero-order valence-electron chi connectivity index (χ0n) is 14.6. The van der Waals surface area contributed by atoms with Gasteiger partial charge in [0.15, 0.2) is 0 Å². The monoisotopic (exact) mass is 391 g/mol. The molecule has 2 aliphatic heterocycles. The molecule has 0 N–H and O–H groups in total. The molecule has 1 fully saturated rings. The van der Waals surface area contributed by atoms with Crippen molar-refractivity contribution in [3.8, 4) is 0 Å². The minimum absolute atomic E-state index is 0.0217. The van der Waals surface area contributed by atoms with Crippen molar-refractivity contribution in [3.63, 3.8) is 0 Å². The molecular weight excluding hydrogens is 370 g/mol. The van der Waals surface area contributed by atoms with E-state index in [9.17, 15) is 4.79 Å². The zero-order valence-corrected chi connectivity index (χ0v) is 16.2. The van der Waals surface area contributed by atoms with Crippen LogP contribution in [-0.2, 0) is 18.7 Å². The van der Waals surface area contributed by atoms with Crippen molar-refractivity contribution < 1.29 is 0 Å². The summed E-state index contributed by atoms with van der Waals surface area (Å²) in [5.41, 5.74) is 3.28. The van der Waals surface area contributed by atoms with Gasteiger partial charge in [0.1, 0.15) is 0 Å². The molecule has 0 aromatic carbocycles. The molecule has 0 radical (unpaired) electrons.